The molecule has 0 radical (unpaired) electrons. The minimum Gasteiger partial charge on any atom is -0.383 e. The number of carbonyl (C=O) groups excluding carboxylic acids is 1. The number of pyridine rings is 1. The Kier molecular flexibility index (Phi) is 4.08. The molecule has 2 heterocycles. The van der Waals surface area contributed by atoms with Crippen LogP contribution in [0.15, 0.2) is 36.5 Å². The summed E-state index contributed by atoms with van der Waals surface area (Å²) in [6.07, 6.45) is 1.59. The summed E-state index contributed by atoms with van der Waals surface area (Å²) in [6, 6.07) is 9.12. The number of thiazole rings is 1. The molecule has 3 aromatic rings. The monoisotopic (exact) mass is 323 g/mol. The number of hydrogen-bond acceptors (Lipinski definition) is 5. The van der Waals surface area contributed by atoms with Crippen LogP contribution in [0.1, 0.15) is 5.56 Å². The van der Waals surface area contributed by atoms with Crippen LogP contribution >= 0.6 is 11.3 Å². The molecule has 0 aliphatic heterocycles. The number of rotatable bonds is 2. The molecule has 1 aromatic carbocycles. The first-order valence-electron chi connectivity index (χ1n) is 6.77. The Labute approximate surface area is 136 Å². The fourth-order valence-corrected chi connectivity index (χ4v) is 2.97. The molecule has 2 amide bonds. The summed E-state index contributed by atoms with van der Waals surface area (Å²) >= 11 is 1.55. The highest BCUT2D eigenvalue weighted by atomic mass is 32.1. The molecule has 7 heteroatoms. The number of anilines is 1. The van der Waals surface area contributed by atoms with Crippen molar-refractivity contribution < 1.29 is 4.79 Å². The van der Waals surface area contributed by atoms with E-state index in [1.807, 2.05) is 30.3 Å². The van der Waals surface area contributed by atoms with Gasteiger partial charge in [-0.15, -0.1) is 11.3 Å². The summed E-state index contributed by atoms with van der Waals surface area (Å²) in [4.78, 5) is 19.3. The molecule has 0 saturated carbocycles. The van der Waals surface area contributed by atoms with Crippen molar-refractivity contribution in [2.24, 2.45) is 5.73 Å². The van der Waals surface area contributed by atoms with Crippen molar-refractivity contribution >= 4 is 33.4 Å². The van der Waals surface area contributed by atoms with Crippen molar-refractivity contribution in [2.75, 3.05) is 12.3 Å². The standard InChI is InChI=1S/C16H13N5OS/c17-14-11(15-21-12-5-1-2-6-13(12)23-15)8-10(9-20-14)4-3-7-19-16(18)22/h1-2,5-6,8-9H,7H2,(H2,17,20)(H3,18,19,22). The van der Waals surface area contributed by atoms with Gasteiger partial charge in [0.2, 0.25) is 0 Å². The number of carbonyl (C=O) groups is 1. The Morgan fingerprint density at radius 1 is 1.35 bits per heavy atom. The SMILES string of the molecule is NC(=O)NCC#Cc1cnc(N)c(-c2nc3ccccc3s2)c1. The lowest BCUT2D eigenvalue weighted by Gasteiger charge is -2.01. The van der Waals surface area contributed by atoms with Gasteiger partial charge in [-0.2, -0.15) is 0 Å². The topological polar surface area (TPSA) is 107 Å². The number of benzene rings is 1. The number of nitrogens with two attached hydrogens (primary N) is 2. The summed E-state index contributed by atoms with van der Waals surface area (Å²) in [6.45, 7) is 0.177. The van der Waals surface area contributed by atoms with Crippen LogP contribution in [-0.2, 0) is 0 Å². The lowest BCUT2D eigenvalue weighted by molar-refractivity contribution is 0.250. The number of primary amides is 1. The molecule has 23 heavy (non-hydrogen) atoms. The van der Waals surface area contributed by atoms with Crippen molar-refractivity contribution in [3.05, 3.63) is 42.1 Å². The largest absolute Gasteiger partial charge is 0.383 e. The van der Waals surface area contributed by atoms with Crippen LogP contribution in [0.3, 0.4) is 0 Å². The Morgan fingerprint density at radius 3 is 2.96 bits per heavy atom. The van der Waals surface area contributed by atoms with E-state index in [1.165, 1.54) is 0 Å². The quantitative estimate of drug-likeness (QED) is 0.627. The van der Waals surface area contributed by atoms with Crippen molar-refractivity contribution in [1.82, 2.24) is 15.3 Å². The lowest BCUT2D eigenvalue weighted by atomic mass is 10.2. The van der Waals surface area contributed by atoms with Crippen LogP contribution < -0.4 is 16.8 Å². The zero-order valence-electron chi connectivity index (χ0n) is 12.0. The van der Waals surface area contributed by atoms with E-state index >= 15 is 0 Å². The molecule has 0 atom stereocenters. The molecule has 6 nitrogen and oxygen atoms in total. The van der Waals surface area contributed by atoms with Gasteiger partial charge in [0.25, 0.3) is 0 Å². The molecule has 5 N–H and O–H groups in total. The minimum atomic E-state index is -0.607. The molecule has 0 unspecified atom stereocenters. The predicted molar refractivity (Wildman–Crippen MR) is 91.7 cm³/mol. The first kappa shape index (κ1) is 14.8. The highest BCUT2D eigenvalue weighted by Crippen LogP contribution is 2.32. The molecule has 114 valence electrons. The number of fused-ring (bicyclic) bond motifs is 1. The summed E-state index contributed by atoms with van der Waals surface area (Å²) in [5.74, 6) is 6.11. The molecular formula is C16H13N5OS. The van der Waals surface area contributed by atoms with E-state index in [-0.39, 0.29) is 6.54 Å². The fraction of sp³-hybridized carbons (Fsp3) is 0.0625. The van der Waals surface area contributed by atoms with E-state index in [0.717, 1.165) is 20.8 Å². The second-order valence-electron chi connectivity index (χ2n) is 4.66. The summed E-state index contributed by atoms with van der Waals surface area (Å²) < 4.78 is 1.09. The zero-order valence-corrected chi connectivity index (χ0v) is 12.9. The maximum Gasteiger partial charge on any atom is 0.312 e. The molecule has 0 bridgehead atoms. The molecule has 0 fully saturated rings. The van der Waals surface area contributed by atoms with Gasteiger partial charge in [-0.25, -0.2) is 14.8 Å². The number of nitrogens with zero attached hydrogens (tertiary/aromatic N) is 2. The Hall–Kier alpha value is -3.11. The van der Waals surface area contributed by atoms with Crippen LogP contribution in [0.5, 0.6) is 0 Å². The van der Waals surface area contributed by atoms with Gasteiger partial charge in [0.05, 0.1) is 22.3 Å². The average molecular weight is 323 g/mol. The number of para-hydroxylation sites is 1. The molecule has 0 aliphatic carbocycles. The second kappa shape index (κ2) is 6.34. The maximum atomic E-state index is 10.6. The van der Waals surface area contributed by atoms with Crippen molar-refractivity contribution in [3.8, 4) is 22.4 Å². The number of nitrogens with one attached hydrogen (secondary N) is 1. The summed E-state index contributed by atoms with van der Waals surface area (Å²) in [7, 11) is 0. The third kappa shape index (κ3) is 3.39. The Balaban J connectivity index is 1.92. The molecule has 0 saturated heterocycles. The van der Waals surface area contributed by atoms with Gasteiger partial charge in [-0.05, 0) is 18.2 Å². The molecule has 2 aromatic heterocycles. The van der Waals surface area contributed by atoms with Crippen LogP contribution in [0, 0.1) is 11.8 Å². The van der Waals surface area contributed by atoms with E-state index in [4.69, 9.17) is 11.5 Å². The van der Waals surface area contributed by atoms with Crippen molar-refractivity contribution in [1.29, 1.82) is 0 Å². The number of hydrogen-bond donors (Lipinski definition) is 3. The van der Waals surface area contributed by atoms with Gasteiger partial charge in [0, 0.05) is 11.8 Å². The van der Waals surface area contributed by atoms with Crippen molar-refractivity contribution in [3.63, 3.8) is 0 Å². The van der Waals surface area contributed by atoms with E-state index in [0.29, 0.717) is 11.4 Å². The first-order valence-corrected chi connectivity index (χ1v) is 7.59. The third-order valence-corrected chi connectivity index (χ3v) is 4.10. The first-order chi connectivity index (χ1) is 11.1. The van der Waals surface area contributed by atoms with Gasteiger partial charge in [0.1, 0.15) is 10.8 Å². The molecular weight excluding hydrogens is 310 g/mol. The number of amides is 2. The average Bonchev–Trinajstić information content (AvgIpc) is 2.96. The van der Waals surface area contributed by atoms with Crippen LogP contribution in [0.25, 0.3) is 20.8 Å². The van der Waals surface area contributed by atoms with Crippen LogP contribution in [0.4, 0.5) is 10.6 Å². The van der Waals surface area contributed by atoms with E-state index in [2.05, 4.69) is 27.1 Å². The maximum absolute atomic E-state index is 10.6. The van der Waals surface area contributed by atoms with Gasteiger partial charge in [0.15, 0.2) is 0 Å². The summed E-state index contributed by atoms with van der Waals surface area (Å²) in [5.41, 5.74) is 13.3. The second-order valence-corrected chi connectivity index (χ2v) is 5.69. The Morgan fingerprint density at radius 2 is 2.17 bits per heavy atom. The smallest absolute Gasteiger partial charge is 0.312 e. The molecule has 0 aliphatic rings. The van der Waals surface area contributed by atoms with E-state index in [9.17, 15) is 4.79 Å². The third-order valence-electron chi connectivity index (χ3n) is 3.03. The zero-order chi connectivity index (χ0) is 16.2. The van der Waals surface area contributed by atoms with E-state index < -0.39 is 6.03 Å². The van der Waals surface area contributed by atoms with Gasteiger partial charge < -0.3 is 16.8 Å². The van der Waals surface area contributed by atoms with Crippen LogP contribution in [-0.4, -0.2) is 22.5 Å². The normalized spacial score (nSPS) is 10.1. The highest BCUT2D eigenvalue weighted by molar-refractivity contribution is 7.21. The number of urea groups is 1. The van der Waals surface area contributed by atoms with E-state index in [1.54, 1.807) is 17.5 Å². The van der Waals surface area contributed by atoms with Gasteiger partial charge in [-0.3, -0.25) is 0 Å². The van der Waals surface area contributed by atoms with Crippen LogP contribution in [0.2, 0.25) is 0 Å². The number of aromatic nitrogens is 2. The Bertz CT molecular complexity index is 905. The molecule has 0 spiro atoms. The number of nitrogen functional groups attached to an aromatic ring is 1. The van der Waals surface area contributed by atoms with Gasteiger partial charge >= 0.3 is 6.03 Å². The lowest BCUT2D eigenvalue weighted by Crippen LogP contribution is -2.29. The fourth-order valence-electron chi connectivity index (χ4n) is 1.98. The van der Waals surface area contributed by atoms with Crippen molar-refractivity contribution in [2.45, 2.75) is 0 Å². The predicted octanol–water partition coefficient (Wildman–Crippen LogP) is 1.96. The highest BCUT2D eigenvalue weighted by Gasteiger charge is 2.10. The van der Waals surface area contributed by atoms with Gasteiger partial charge in [-0.1, -0.05) is 24.0 Å². The minimum absolute atomic E-state index is 0.177. The summed E-state index contributed by atoms with van der Waals surface area (Å²) in [5, 5.41) is 3.20. The molecule has 3 rings (SSSR count).